The fourth-order valence-corrected chi connectivity index (χ4v) is 2.07. The first-order valence-corrected chi connectivity index (χ1v) is 4.89. The number of alkyl halides is 2. The van der Waals surface area contributed by atoms with Crippen LogP contribution in [0.1, 0.15) is 12.0 Å². The summed E-state index contributed by atoms with van der Waals surface area (Å²) in [5.41, 5.74) is 3.67. The van der Waals surface area contributed by atoms with Crippen molar-refractivity contribution in [3.63, 3.8) is 0 Å². The van der Waals surface area contributed by atoms with Gasteiger partial charge in [0.1, 0.15) is 11.6 Å². The van der Waals surface area contributed by atoms with Crippen LogP contribution in [0.15, 0.2) is 18.2 Å². The van der Waals surface area contributed by atoms with Crippen LogP contribution in [0, 0.1) is 5.82 Å². The molecule has 16 heavy (non-hydrogen) atoms. The van der Waals surface area contributed by atoms with Crippen molar-refractivity contribution >= 4 is 0 Å². The monoisotopic (exact) mass is 231 g/mol. The molecule has 2 nitrogen and oxygen atoms in total. The second-order valence-corrected chi connectivity index (χ2v) is 3.98. The molecule has 1 unspecified atom stereocenters. The van der Waals surface area contributed by atoms with Gasteiger partial charge < -0.3 is 10.5 Å². The Morgan fingerprint density at radius 2 is 2.06 bits per heavy atom. The Labute approximate surface area is 91.2 Å². The van der Waals surface area contributed by atoms with Crippen molar-refractivity contribution in [1.82, 2.24) is 0 Å². The van der Waals surface area contributed by atoms with Crippen LogP contribution in [0.3, 0.4) is 0 Å². The minimum absolute atomic E-state index is 0.106. The predicted octanol–water partition coefficient (Wildman–Crippen LogP) is 2.07. The summed E-state index contributed by atoms with van der Waals surface area (Å²) in [5.74, 6) is -3.51. The smallest absolute Gasteiger partial charge is 0.260 e. The van der Waals surface area contributed by atoms with Crippen LogP contribution in [0.2, 0.25) is 0 Å². The Bertz CT molecular complexity index is 422. The summed E-state index contributed by atoms with van der Waals surface area (Å²) in [5, 5.41) is 0. The highest BCUT2D eigenvalue weighted by atomic mass is 19.3. The molecule has 1 fully saturated rings. The predicted molar refractivity (Wildman–Crippen MR) is 53.2 cm³/mol. The van der Waals surface area contributed by atoms with Crippen molar-refractivity contribution in [2.75, 3.05) is 13.7 Å². The van der Waals surface area contributed by atoms with E-state index < -0.39 is 23.6 Å². The average Bonchev–Trinajstić information content (AvgIpc) is 2.81. The number of methoxy groups -OCH3 is 1. The summed E-state index contributed by atoms with van der Waals surface area (Å²) in [6.45, 7) is -0.294. The molecular weight excluding hydrogens is 219 g/mol. The molecule has 0 radical (unpaired) electrons. The molecule has 0 bridgehead atoms. The Morgan fingerprint density at radius 3 is 2.50 bits per heavy atom. The third-order valence-corrected chi connectivity index (χ3v) is 3.12. The van der Waals surface area contributed by atoms with Crippen molar-refractivity contribution < 1.29 is 17.9 Å². The molecule has 0 aliphatic heterocycles. The molecule has 0 heterocycles. The zero-order valence-electron chi connectivity index (χ0n) is 8.77. The third-order valence-electron chi connectivity index (χ3n) is 3.12. The molecular formula is C11H12F3NO. The van der Waals surface area contributed by atoms with Crippen LogP contribution in [0.5, 0.6) is 5.75 Å². The summed E-state index contributed by atoms with van der Waals surface area (Å²) < 4.78 is 45.2. The Morgan fingerprint density at radius 1 is 1.44 bits per heavy atom. The first-order valence-electron chi connectivity index (χ1n) is 4.89. The number of benzene rings is 1. The standard InChI is InChI=1S/C11H12F3NO/c1-16-8-4-2-3-7(12)9(8)10(6-15)5-11(10,13)14/h2-4H,5-6,15H2,1H3. The van der Waals surface area contributed by atoms with Crippen LogP contribution >= 0.6 is 0 Å². The van der Waals surface area contributed by atoms with Crippen LogP contribution in [0.4, 0.5) is 13.2 Å². The van der Waals surface area contributed by atoms with Crippen LogP contribution in [-0.4, -0.2) is 19.6 Å². The number of ether oxygens (including phenoxy) is 1. The molecule has 5 heteroatoms. The lowest BCUT2D eigenvalue weighted by Crippen LogP contribution is -2.28. The van der Waals surface area contributed by atoms with E-state index in [0.29, 0.717) is 0 Å². The van der Waals surface area contributed by atoms with Crippen LogP contribution < -0.4 is 10.5 Å². The Hall–Kier alpha value is -1.23. The van der Waals surface area contributed by atoms with E-state index in [1.807, 2.05) is 0 Å². The maximum absolute atomic E-state index is 13.6. The largest absolute Gasteiger partial charge is 0.496 e. The summed E-state index contributed by atoms with van der Waals surface area (Å²) in [4.78, 5) is 0. The van der Waals surface area contributed by atoms with Gasteiger partial charge >= 0.3 is 0 Å². The molecule has 0 aromatic heterocycles. The minimum Gasteiger partial charge on any atom is -0.496 e. The molecule has 2 N–H and O–H groups in total. The van der Waals surface area contributed by atoms with Crippen LogP contribution in [-0.2, 0) is 5.41 Å². The number of hydrogen-bond acceptors (Lipinski definition) is 2. The first kappa shape index (κ1) is 11.3. The van der Waals surface area contributed by atoms with E-state index >= 15 is 0 Å². The van der Waals surface area contributed by atoms with Crippen molar-refractivity contribution in [3.05, 3.63) is 29.6 Å². The summed E-state index contributed by atoms with van der Waals surface area (Å²) in [6, 6.07) is 4.02. The molecule has 1 aliphatic rings. The van der Waals surface area contributed by atoms with Crippen molar-refractivity contribution in [2.24, 2.45) is 5.73 Å². The quantitative estimate of drug-likeness (QED) is 0.864. The van der Waals surface area contributed by atoms with Gasteiger partial charge in [0.25, 0.3) is 5.92 Å². The van der Waals surface area contributed by atoms with Gasteiger partial charge in [-0.2, -0.15) is 0 Å². The number of halogens is 3. The fourth-order valence-electron chi connectivity index (χ4n) is 2.07. The van der Waals surface area contributed by atoms with Gasteiger partial charge in [-0.1, -0.05) is 6.07 Å². The molecule has 1 saturated carbocycles. The van der Waals surface area contributed by atoms with Gasteiger partial charge in [-0.05, 0) is 12.1 Å². The van der Waals surface area contributed by atoms with Gasteiger partial charge in [0.05, 0.1) is 12.5 Å². The molecule has 0 spiro atoms. The molecule has 1 aromatic carbocycles. The maximum atomic E-state index is 13.6. The van der Waals surface area contributed by atoms with Gasteiger partial charge in [-0.3, -0.25) is 0 Å². The van der Waals surface area contributed by atoms with Crippen molar-refractivity contribution in [1.29, 1.82) is 0 Å². The number of hydrogen-bond donors (Lipinski definition) is 1. The van der Waals surface area contributed by atoms with Crippen molar-refractivity contribution in [2.45, 2.75) is 17.8 Å². The van der Waals surface area contributed by atoms with E-state index in [1.165, 1.54) is 19.2 Å². The van der Waals surface area contributed by atoms with E-state index in [9.17, 15) is 13.2 Å². The zero-order valence-corrected chi connectivity index (χ0v) is 8.77. The van der Waals surface area contributed by atoms with E-state index in [4.69, 9.17) is 10.5 Å². The normalized spacial score (nSPS) is 26.6. The van der Waals surface area contributed by atoms with Gasteiger partial charge in [-0.25, -0.2) is 13.2 Å². The van der Waals surface area contributed by atoms with Crippen molar-refractivity contribution in [3.8, 4) is 5.75 Å². The van der Waals surface area contributed by atoms with E-state index in [-0.39, 0.29) is 17.9 Å². The molecule has 88 valence electrons. The van der Waals surface area contributed by atoms with E-state index in [2.05, 4.69) is 0 Å². The molecule has 1 aromatic rings. The second-order valence-electron chi connectivity index (χ2n) is 3.98. The lowest BCUT2D eigenvalue weighted by molar-refractivity contribution is 0.0879. The maximum Gasteiger partial charge on any atom is 0.260 e. The second kappa shape index (κ2) is 3.38. The first-order chi connectivity index (χ1) is 7.48. The van der Waals surface area contributed by atoms with E-state index in [0.717, 1.165) is 6.07 Å². The Kier molecular flexibility index (Phi) is 2.38. The van der Waals surface area contributed by atoms with Gasteiger partial charge in [0.15, 0.2) is 0 Å². The topological polar surface area (TPSA) is 35.2 Å². The SMILES string of the molecule is COc1cccc(F)c1C1(CN)CC1(F)F. The van der Waals surface area contributed by atoms with Crippen LogP contribution in [0.25, 0.3) is 0 Å². The Balaban J connectivity index is 2.56. The van der Waals surface area contributed by atoms with Gasteiger partial charge in [0.2, 0.25) is 0 Å². The lowest BCUT2D eigenvalue weighted by Gasteiger charge is -2.18. The van der Waals surface area contributed by atoms with E-state index in [1.54, 1.807) is 0 Å². The zero-order chi connectivity index (χ0) is 12.0. The van der Waals surface area contributed by atoms with Gasteiger partial charge in [-0.15, -0.1) is 0 Å². The fraction of sp³-hybridized carbons (Fsp3) is 0.455. The highest BCUT2D eigenvalue weighted by Gasteiger charge is 2.72. The van der Waals surface area contributed by atoms with Gasteiger partial charge in [0, 0.05) is 18.5 Å². The number of rotatable bonds is 3. The molecule has 0 amide bonds. The average molecular weight is 231 g/mol. The summed E-state index contributed by atoms with van der Waals surface area (Å²) in [7, 11) is 1.32. The highest BCUT2D eigenvalue weighted by Crippen LogP contribution is 2.63. The summed E-state index contributed by atoms with van der Waals surface area (Å²) >= 11 is 0. The molecule has 1 atom stereocenters. The molecule has 1 aliphatic carbocycles. The number of nitrogens with two attached hydrogens (primary N) is 1. The molecule has 2 rings (SSSR count). The third kappa shape index (κ3) is 1.31. The minimum atomic E-state index is -2.95. The molecule has 0 saturated heterocycles. The highest BCUT2D eigenvalue weighted by molar-refractivity contribution is 5.48. The summed E-state index contributed by atoms with van der Waals surface area (Å²) in [6.07, 6.45) is -0.423. The lowest BCUT2D eigenvalue weighted by atomic mass is 9.93.